The van der Waals surface area contributed by atoms with E-state index in [1.54, 1.807) is 6.07 Å². The molecule has 0 unspecified atom stereocenters. The Morgan fingerprint density at radius 1 is 1.13 bits per heavy atom. The second-order valence-electron chi connectivity index (χ2n) is 8.11. The number of carboxylic acids is 1. The zero-order valence-corrected chi connectivity index (χ0v) is 18.9. The Bertz CT molecular complexity index is 922. The summed E-state index contributed by atoms with van der Waals surface area (Å²) in [4.78, 5) is 23.8. The lowest BCUT2D eigenvalue weighted by Crippen LogP contribution is -2.27. The van der Waals surface area contributed by atoms with E-state index in [9.17, 15) is 14.7 Å². The first kappa shape index (κ1) is 23.2. The predicted octanol–water partition coefficient (Wildman–Crippen LogP) is 5.66. The smallest absolute Gasteiger partial charge is 0.307 e. The molecule has 0 aliphatic heterocycles. The van der Waals surface area contributed by atoms with Gasteiger partial charge >= 0.3 is 5.97 Å². The van der Waals surface area contributed by atoms with Crippen LogP contribution >= 0.6 is 11.8 Å². The molecule has 166 valence electrons. The van der Waals surface area contributed by atoms with Gasteiger partial charge in [0.2, 0.25) is 0 Å². The van der Waals surface area contributed by atoms with Crippen molar-refractivity contribution in [2.45, 2.75) is 75.0 Å². The molecule has 1 fully saturated rings. The van der Waals surface area contributed by atoms with E-state index in [0.717, 1.165) is 48.1 Å². The summed E-state index contributed by atoms with van der Waals surface area (Å²) in [5.41, 5.74) is 1.87. The summed E-state index contributed by atoms with van der Waals surface area (Å²) in [6.45, 7) is 3.50. The van der Waals surface area contributed by atoms with Crippen molar-refractivity contribution in [2.75, 3.05) is 0 Å². The first-order valence-corrected chi connectivity index (χ1v) is 11.7. The van der Waals surface area contributed by atoms with E-state index in [0.29, 0.717) is 23.0 Å². The van der Waals surface area contributed by atoms with Crippen LogP contribution in [0.25, 0.3) is 0 Å². The average Bonchev–Trinajstić information content (AvgIpc) is 2.72. The zero-order valence-electron chi connectivity index (χ0n) is 18.1. The first-order valence-electron chi connectivity index (χ1n) is 10.9. The molecule has 1 saturated carbocycles. The van der Waals surface area contributed by atoms with Crippen LogP contribution in [0.15, 0.2) is 41.3 Å². The van der Waals surface area contributed by atoms with Crippen LogP contribution in [0, 0.1) is 0 Å². The number of benzene rings is 2. The lowest BCUT2D eigenvalue weighted by molar-refractivity contribution is -0.136. The maximum atomic E-state index is 11.8. The number of ether oxygens (including phenoxy) is 1. The summed E-state index contributed by atoms with van der Waals surface area (Å²) < 4.78 is 6.34. The maximum absolute atomic E-state index is 11.8. The van der Waals surface area contributed by atoms with Crippen molar-refractivity contribution < 1.29 is 24.5 Å². The fraction of sp³-hybridized carbons (Fsp3) is 0.440. The Morgan fingerprint density at radius 2 is 1.87 bits per heavy atom. The number of phenolic OH excluding ortho intramolecular Hbond substituents is 1. The Labute approximate surface area is 187 Å². The number of rotatable bonds is 9. The molecule has 2 aromatic carbocycles. The van der Waals surface area contributed by atoms with E-state index >= 15 is 0 Å². The van der Waals surface area contributed by atoms with E-state index < -0.39 is 5.97 Å². The Kier molecular flexibility index (Phi) is 8.02. The number of aromatic hydroxyl groups is 1. The summed E-state index contributed by atoms with van der Waals surface area (Å²) in [5, 5.41) is 19.9. The van der Waals surface area contributed by atoms with Crippen LogP contribution in [-0.2, 0) is 17.6 Å². The summed E-state index contributed by atoms with van der Waals surface area (Å²) >= 11 is 1.81. The molecule has 0 bridgehead atoms. The van der Waals surface area contributed by atoms with Crippen molar-refractivity contribution in [2.24, 2.45) is 0 Å². The van der Waals surface area contributed by atoms with Gasteiger partial charge in [-0.15, -0.1) is 11.8 Å². The van der Waals surface area contributed by atoms with E-state index in [2.05, 4.69) is 0 Å². The summed E-state index contributed by atoms with van der Waals surface area (Å²) in [7, 11) is 0. The van der Waals surface area contributed by atoms with Gasteiger partial charge < -0.3 is 14.9 Å². The predicted molar refractivity (Wildman–Crippen MR) is 122 cm³/mol. The molecule has 31 heavy (non-hydrogen) atoms. The van der Waals surface area contributed by atoms with Crippen LogP contribution in [-0.4, -0.2) is 33.3 Å². The molecule has 3 rings (SSSR count). The largest absolute Gasteiger partial charge is 0.507 e. The van der Waals surface area contributed by atoms with Gasteiger partial charge in [-0.3, -0.25) is 9.59 Å². The topological polar surface area (TPSA) is 83.8 Å². The Balaban J connectivity index is 1.66. The highest BCUT2D eigenvalue weighted by Gasteiger charge is 2.26. The highest BCUT2D eigenvalue weighted by atomic mass is 32.2. The number of carbonyl (C=O) groups excluding carboxylic acids is 1. The number of carbonyl (C=O) groups is 2. The van der Waals surface area contributed by atoms with Crippen LogP contribution < -0.4 is 4.74 Å². The standard InChI is InChI=1S/C25H30O5S/c1-3-5-22-23(13-12-21(16(2)26)25(22)29)30-18-6-4-7-20(15-18)31-19-10-8-17(9-11-19)14-24(27)28/h8-13,18,20,29H,3-7,14-15H2,1-2H3,(H,27,28)/t18-,20-/m0/s1. The van der Waals surface area contributed by atoms with E-state index in [1.807, 2.05) is 49.0 Å². The lowest BCUT2D eigenvalue weighted by atomic mass is 9.96. The maximum Gasteiger partial charge on any atom is 0.307 e. The Morgan fingerprint density at radius 3 is 2.52 bits per heavy atom. The lowest BCUT2D eigenvalue weighted by Gasteiger charge is -2.30. The molecule has 2 aromatic rings. The molecule has 0 radical (unpaired) electrons. The second-order valence-corrected chi connectivity index (χ2v) is 9.48. The number of ketones is 1. The van der Waals surface area contributed by atoms with Crippen LogP contribution in [0.1, 0.15) is 67.4 Å². The molecular weight excluding hydrogens is 412 g/mol. The molecule has 1 aliphatic rings. The molecule has 0 aromatic heterocycles. The molecule has 1 aliphatic carbocycles. The number of thioether (sulfide) groups is 1. The number of carboxylic acid groups (broad SMARTS) is 1. The van der Waals surface area contributed by atoms with Crippen molar-refractivity contribution >= 4 is 23.5 Å². The van der Waals surface area contributed by atoms with Crippen molar-refractivity contribution in [3.05, 3.63) is 53.1 Å². The third-order valence-corrected chi connectivity index (χ3v) is 6.88. The molecule has 2 N–H and O–H groups in total. The molecule has 0 amide bonds. The van der Waals surface area contributed by atoms with Crippen molar-refractivity contribution in [3.63, 3.8) is 0 Å². The van der Waals surface area contributed by atoms with Gasteiger partial charge in [-0.2, -0.15) is 0 Å². The summed E-state index contributed by atoms with van der Waals surface area (Å²) in [5.74, 6) is -0.240. The van der Waals surface area contributed by atoms with Gasteiger partial charge in [0.25, 0.3) is 0 Å². The monoisotopic (exact) mass is 442 g/mol. The number of phenols is 1. The molecular formula is C25H30O5S. The molecule has 6 heteroatoms. The second kappa shape index (κ2) is 10.7. The third-order valence-electron chi connectivity index (χ3n) is 5.57. The number of Topliss-reactive ketones (excluding diaryl/α,β-unsaturated/α-hetero) is 1. The first-order chi connectivity index (χ1) is 14.9. The average molecular weight is 443 g/mol. The number of hydrogen-bond donors (Lipinski definition) is 2. The van der Waals surface area contributed by atoms with Gasteiger partial charge in [-0.25, -0.2) is 0 Å². The third kappa shape index (κ3) is 6.26. The molecule has 0 heterocycles. The van der Waals surface area contributed by atoms with E-state index in [4.69, 9.17) is 9.84 Å². The summed E-state index contributed by atoms with van der Waals surface area (Å²) in [6, 6.07) is 11.2. The van der Waals surface area contributed by atoms with E-state index in [-0.39, 0.29) is 24.1 Å². The summed E-state index contributed by atoms with van der Waals surface area (Å²) in [6.07, 6.45) is 5.67. The van der Waals surface area contributed by atoms with Gasteiger partial charge in [0.15, 0.2) is 5.78 Å². The van der Waals surface area contributed by atoms with Crippen LogP contribution in [0.2, 0.25) is 0 Å². The SMILES string of the molecule is CCCc1c(O[C@H]2CCC[C@H](Sc3ccc(CC(=O)O)cc3)C2)ccc(C(C)=O)c1O. The quantitative estimate of drug-likeness (QED) is 0.488. The highest BCUT2D eigenvalue weighted by Crippen LogP contribution is 2.38. The number of hydrogen-bond acceptors (Lipinski definition) is 5. The zero-order chi connectivity index (χ0) is 22.4. The Hall–Kier alpha value is -2.47. The molecule has 2 atom stereocenters. The minimum absolute atomic E-state index is 0.0413. The highest BCUT2D eigenvalue weighted by molar-refractivity contribution is 8.00. The van der Waals surface area contributed by atoms with Crippen LogP contribution in [0.4, 0.5) is 0 Å². The molecule has 0 saturated heterocycles. The van der Waals surface area contributed by atoms with Crippen LogP contribution in [0.3, 0.4) is 0 Å². The van der Waals surface area contributed by atoms with Gasteiger partial charge in [-0.1, -0.05) is 25.5 Å². The van der Waals surface area contributed by atoms with E-state index in [1.165, 1.54) is 6.92 Å². The minimum Gasteiger partial charge on any atom is -0.507 e. The minimum atomic E-state index is -0.822. The van der Waals surface area contributed by atoms with Crippen molar-refractivity contribution in [1.29, 1.82) is 0 Å². The molecule has 0 spiro atoms. The van der Waals surface area contributed by atoms with Gasteiger partial charge in [0.05, 0.1) is 18.1 Å². The van der Waals surface area contributed by atoms with Crippen molar-refractivity contribution in [3.8, 4) is 11.5 Å². The molecule has 5 nitrogen and oxygen atoms in total. The van der Waals surface area contributed by atoms with Crippen molar-refractivity contribution in [1.82, 2.24) is 0 Å². The van der Waals surface area contributed by atoms with Gasteiger partial charge in [-0.05, 0) is 68.9 Å². The normalized spacial score (nSPS) is 18.5. The fourth-order valence-electron chi connectivity index (χ4n) is 4.05. The fourth-order valence-corrected chi connectivity index (χ4v) is 5.33. The van der Waals surface area contributed by atoms with Crippen LogP contribution in [0.5, 0.6) is 11.5 Å². The number of aliphatic carboxylic acids is 1. The van der Waals surface area contributed by atoms with Gasteiger partial charge in [0, 0.05) is 15.7 Å². The van der Waals surface area contributed by atoms with Gasteiger partial charge in [0.1, 0.15) is 11.5 Å².